The highest BCUT2D eigenvalue weighted by Crippen LogP contribution is 2.29. The maximum atomic E-state index is 13.5. The van der Waals surface area contributed by atoms with Crippen molar-refractivity contribution in [2.45, 2.75) is 38.3 Å². The van der Waals surface area contributed by atoms with Gasteiger partial charge in [0, 0.05) is 18.3 Å². The standard InChI is InChI=1S/C15H17F2N3.ClH/c16-12-5-6-15(17)11(7-12)8-18-13-9-19-20(10-13)14-3-1-2-4-14;/h5-7,9-10,14,18H,1-4,8H2;1H. The summed E-state index contributed by atoms with van der Waals surface area (Å²) in [7, 11) is 0. The number of halogens is 3. The van der Waals surface area contributed by atoms with Gasteiger partial charge in [-0.3, -0.25) is 4.68 Å². The predicted octanol–water partition coefficient (Wildman–Crippen LogP) is 4.31. The molecule has 0 saturated heterocycles. The number of nitrogens with zero attached hydrogens (tertiary/aromatic N) is 2. The highest BCUT2D eigenvalue weighted by atomic mass is 35.5. The Labute approximate surface area is 128 Å². The Morgan fingerprint density at radius 2 is 2.00 bits per heavy atom. The Bertz CT molecular complexity index is 594. The van der Waals surface area contributed by atoms with Gasteiger partial charge in [0.2, 0.25) is 0 Å². The minimum atomic E-state index is -0.426. The summed E-state index contributed by atoms with van der Waals surface area (Å²) in [6.45, 7) is 0.250. The summed E-state index contributed by atoms with van der Waals surface area (Å²) in [5.41, 5.74) is 1.15. The summed E-state index contributed by atoms with van der Waals surface area (Å²) in [6.07, 6.45) is 8.51. The van der Waals surface area contributed by atoms with Crippen LogP contribution < -0.4 is 5.32 Å². The van der Waals surface area contributed by atoms with Crippen molar-refractivity contribution < 1.29 is 8.78 Å². The second-order valence-corrected chi connectivity index (χ2v) is 5.24. The Kier molecular flexibility index (Phi) is 5.17. The van der Waals surface area contributed by atoms with Gasteiger partial charge in [0.25, 0.3) is 0 Å². The van der Waals surface area contributed by atoms with E-state index in [1.54, 1.807) is 6.20 Å². The van der Waals surface area contributed by atoms with Crippen molar-refractivity contribution >= 4 is 18.1 Å². The van der Waals surface area contributed by atoms with Crippen LogP contribution in [0.4, 0.5) is 14.5 Å². The van der Waals surface area contributed by atoms with Crippen molar-refractivity contribution in [3.8, 4) is 0 Å². The number of benzene rings is 1. The summed E-state index contributed by atoms with van der Waals surface area (Å²) in [4.78, 5) is 0. The van der Waals surface area contributed by atoms with Crippen LogP contribution in [0.15, 0.2) is 30.6 Å². The van der Waals surface area contributed by atoms with E-state index in [4.69, 9.17) is 0 Å². The summed E-state index contributed by atoms with van der Waals surface area (Å²) >= 11 is 0. The molecule has 3 rings (SSSR count). The number of aromatic nitrogens is 2. The lowest BCUT2D eigenvalue weighted by molar-refractivity contribution is 0.467. The Morgan fingerprint density at radius 3 is 2.76 bits per heavy atom. The fourth-order valence-corrected chi connectivity index (χ4v) is 2.67. The quantitative estimate of drug-likeness (QED) is 0.911. The van der Waals surface area contributed by atoms with Crippen molar-refractivity contribution in [1.29, 1.82) is 0 Å². The maximum absolute atomic E-state index is 13.5. The minimum Gasteiger partial charge on any atom is -0.378 e. The lowest BCUT2D eigenvalue weighted by Gasteiger charge is -2.09. The van der Waals surface area contributed by atoms with Crippen LogP contribution in [0, 0.1) is 11.6 Å². The van der Waals surface area contributed by atoms with E-state index in [1.807, 2.05) is 10.9 Å². The average molecular weight is 314 g/mol. The van der Waals surface area contributed by atoms with Crippen molar-refractivity contribution in [2.24, 2.45) is 0 Å². The number of hydrogen-bond acceptors (Lipinski definition) is 2. The summed E-state index contributed by atoms with van der Waals surface area (Å²) in [5.74, 6) is -0.827. The van der Waals surface area contributed by atoms with Crippen LogP contribution in [0.25, 0.3) is 0 Å². The Morgan fingerprint density at radius 1 is 1.24 bits per heavy atom. The molecule has 1 fully saturated rings. The molecule has 3 nitrogen and oxygen atoms in total. The molecule has 21 heavy (non-hydrogen) atoms. The zero-order chi connectivity index (χ0) is 13.9. The predicted molar refractivity (Wildman–Crippen MR) is 80.7 cm³/mol. The summed E-state index contributed by atoms with van der Waals surface area (Å²) < 4.78 is 28.5. The van der Waals surface area contributed by atoms with Gasteiger partial charge in [-0.25, -0.2) is 8.78 Å². The summed E-state index contributed by atoms with van der Waals surface area (Å²) in [5, 5.41) is 7.42. The number of nitrogens with one attached hydrogen (secondary N) is 1. The molecule has 0 unspecified atom stereocenters. The van der Waals surface area contributed by atoms with Crippen LogP contribution in [0.3, 0.4) is 0 Å². The van der Waals surface area contributed by atoms with Crippen molar-refractivity contribution in [2.75, 3.05) is 5.32 Å². The normalized spacial score (nSPS) is 15.0. The minimum absolute atomic E-state index is 0. The first kappa shape index (κ1) is 15.8. The van der Waals surface area contributed by atoms with E-state index in [0.29, 0.717) is 11.6 Å². The largest absolute Gasteiger partial charge is 0.378 e. The molecule has 1 heterocycles. The first-order valence-corrected chi connectivity index (χ1v) is 6.94. The number of rotatable bonds is 4. The number of hydrogen-bond donors (Lipinski definition) is 1. The zero-order valence-corrected chi connectivity index (χ0v) is 12.4. The van der Waals surface area contributed by atoms with Crippen LogP contribution in [-0.4, -0.2) is 9.78 Å². The van der Waals surface area contributed by atoms with E-state index in [9.17, 15) is 8.78 Å². The second-order valence-electron chi connectivity index (χ2n) is 5.24. The first-order chi connectivity index (χ1) is 9.72. The third kappa shape index (κ3) is 3.73. The molecule has 0 atom stereocenters. The molecule has 0 aliphatic heterocycles. The first-order valence-electron chi connectivity index (χ1n) is 6.94. The van der Waals surface area contributed by atoms with Crippen molar-refractivity contribution in [3.05, 3.63) is 47.8 Å². The molecule has 1 N–H and O–H groups in total. The van der Waals surface area contributed by atoms with Gasteiger partial charge in [0.15, 0.2) is 0 Å². The monoisotopic (exact) mass is 313 g/mol. The molecule has 1 aliphatic carbocycles. The second kappa shape index (κ2) is 6.89. The van der Waals surface area contributed by atoms with Gasteiger partial charge in [-0.15, -0.1) is 12.4 Å². The molecule has 6 heteroatoms. The Balaban J connectivity index is 0.00000161. The molecule has 114 valence electrons. The van der Waals surface area contributed by atoms with Gasteiger partial charge in [-0.1, -0.05) is 12.8 Å². The molecule has 1 saturated carbocycles. The molecular weight excluding hydrogens is 296 g/mol. The van der Waals surface area contributed by atoms with E-state index in [2.05, 4.69) is 10.4 Å². The smallest absolute Gasteiger partial charge is 0.128 e. The molecule has 1 aliphatic rings. The molecule has 2 aromatic rings. The van der Waals surface area contributed by atoms with Crippen LogP contribution in [-0.2, 0) is 6.54 Å². The third-order valence-electron chi connectivity index (χ3n) is 3.79. The van der Waals surface area contributed by atoms with Gasteiger partial charge >= 0.3 is 0 Å². The molecular formula is C15H18ClF2N3. The van der Waals surface area contributed by atoms with E-state index in [0.717, 1.165) is 17.8 Å². The van der Waals surface area contributed by atoms with Crippen molar-refractivity contribution in [3.63, 3.8) is 0 Å². The molecule has 0 radical (unpaired) electrons. The van der Waals surface area contributed by atoms with E-state index >= 15 is 0 Å². The van der Waals surface area contributed by atoms with Gasteiger partial charge in [0.05, 0.1) is 17.9 Å². The third-order valence-corrected chi connectivity index (χ3v) is 3.79. The van der Waals surface area contributed by atoms with Crippen LogP contribution in [0.5, 0.6) is 0 Å². The molecule has 0 bridgehead atoms. The van der Waals surface area contributed by atoms with Gasteiger partial charge in [-0.2, -0.15) is 5.10 Å². The molecule has 1 aromatic heterocycles. The fraction of sp³-hybridized carbons (Fsp3) is 0.400. The van der Waals surface area contributed by atoms with Gasteiger partial charge < -0.3 is 5.32 Å². The maximum Gasteiger partial charge on any atom is 0.128 e. The Hall–Kier alpha value is -1.62. The lowest BCUT2D eigenvalue weighted by Crippen LogP contribution is -2.05. The van der Waals surface area contributed by atoms with Crippen LogP contribution >= 0.6 is 12.4 Å². The SMILES string of the molecule is Cl.Fc1ccc(F)c(CNc2cnn(C3CCCC3)c2)c1. The van der Waals surface area contributed by atoms with E-state index in [-0.39, 0.29) is 19.0 Å². The van der Waals surface area contributed by atoms with Crippen LogP contribution in [0.1, 0.15) is 37.3 Å². The van der Waals surface area contributed by atoms with Gasteiger partial charge in [0.1, 0.15) is 11.6 Å². The number of anilines is 1. The highest BCUT2D eigenvalue weighted by molar-refractivity contribution is 5.85. The van der Waals surface area contributed by atoms with E-state index in [1.165, 1.54) is 31.7 Å². The zero-order valence-electron chi connectivity index (χ0n) is 11.6. The van der Waals surface area contributed by atoms with Crippen LogP contribution in [0.2, 0.25) is 0 Å². The molecule has 0 spiro atoms. The summed E-state index contributed by atoms with van der Waals surface area (Å²) in [6, 6.07) is 3.96. The fourth-order valence-electron chi connectivity index (χ4n) is 2.67. The van der Waals surface area contributed by atoms with Crippen molar-refractivity contribution in [1.82, 2.24) is 9.78 Å². The topological polar surface area (TPSA) is 29.9 Å². The van der Waals surface area contributed by atoms with E-state index < -0.39 is 11.6 Å². The molecule has 0 amide bonds. The lowest BCUT2D eigenvalue weighted by atomic mass is 10.2. The highest BCUT2D eigenvalue weighted by Gasteiger charge is 2.17. The average Bonchev–Trinajstić information content (AvgIpc) is 3.09. The van der Waals surface area contributed by atoms with Gasteiger partial charge in [-0.05, 0) is 31.0 Å². The molecule has 1 aromatic carbocycles.